The fourth-order valence-electron chi connectivity index (χ4n) is 3.36. The van der Waals surface area contributed by atoms with Crippen molar-refractivity contribution >= 4 is 51.2 Å². The summed E-state index contributed by atoms with van der Waals surface area (Å²) in [6, 6.07) is 9.29. The number of nitrogens with one attached hydrogen (secondary N) is 1. The van der Waals surface area contributed by atoms with Crippen molar-refractivity contribution in [3.8, 4) is 11.1 Å². The van der Waals surface area contributed by atoms with Crippen LogP contribution in [0.25, 0.3) is 11.1 Å². The summed E-state index contributed by atoms with van der Waals surface area (Å²) < 4.78 is 26.8. The van der Waals surface area contributed by atoms with Crippen LogP contribution in [0.4, 0.5) is 4.79 Å². The van der Waals surface area contributed by atoms with Crippen LogP contribution in [-0.2, 0) is 9.84 Å². The van der Waals surface area contributed by atoms with Gasteiger partial charge in [0.1, 0.15) is 4.21 Å². The van der Waals surface area contributed by atoms with Crippen molar-refractivity contribution in [3.63, 3.8) is 0 Å². The molecule has 0 radical (unpaired) electrons. The SMILES string of the molecule is CN(C)CCNC(=O)N1CCCC(S(=O)(=O)c2scc(-c3ccccc3)c2Cl)C1.Cl. The highest BCUT2D eigenvalue weighted by atomic mass is 35.5. The number of amides is 2. The molecule has 166 valence electrons. The Morgan fingerprint density at radius 3 is 2.67 bits per heavy atom. The maximum Gasteiger partial charge on any atom is 0.317 e. The van der Waals surface area contributed by atoms with E-state index in [4.69, 9.17) is 11.6 Å². The van der Waals surface area contributed by atoms with Crippen LogP contribution < -0.4 is 5.32 Å². The molecule has 6 nitrogen and oxygen atoms in total. The number of likely N-dealkylation sites (tertiary alicyclic amines) is 1. The summed E-state index contributed by atoms with van der Waals surface area (Å²) in [5.41, 5.74) is 1.62. The third-order valence-electron chi connectivity index (χ3n) is 4.98. The van der Waals surface area contributed by atoms with Crippen molar-refractivity contribution < 1.29 is 13.2 Å². The van der Waals surface area contributed by atoms with E-state index in [2.05, 4.69) is 5.32 Å². The zero-order chi connectivity index (χ0) is 21.0. The van der Waals surface area contributed by atoms with E-state index in [1.54, 1.807) is 10.3 Å². The first-order chi connectivity index (χ1) is 13.8. The van der Waals surface area contributed by atoms with Crippen LogP contribution in [0.1, 0.15) is 12.8 Å². The first-order valence-corrected chi connectivity index (χ1v) is 12.3. The van der Waals surface area contributed by atoms with Gasteiger partial charge in [0.2, 0.25) is 0 Å². The lowest BCUT2D eigenvalue weighted by atomic mass is 10.1. The molecule has 1 N–H and O–H groups in total. The second-order valence-electron chi connectivity index (χ2n) is 7.41. The highest BCUT2D eigenvalue weighted by Gasteiger charge is 2.36. The maximum absolute atomic E-state index is 13.3. The number of nitrogens with zero attached hydrogens (tertiary/aromatic N) is 2. The van der Waals surface area contributed by atoms with Gasteiger partial charge < -0.3 is 15.1 Å². The van der Waals surface area contributed by atoms with Gasteiger partial charge in [0, 0.05) is 37.1 Å². The molecule has 1 unspecified atom stereocenters. The lowest BCUT2D eigenvalue weighted by Crippen LogP contribution is -2.49. The standard InChI is InChI=1S/C20H26ClN3O3S2.ClH/c1-23(2)12-10-22-20(25)24-11-6-9-16(13-24)29(26,27)19-18(21)17(14-28-19)15-7-4-3-5-8-15;/h3-5,7-8,14,16H,6,9-13H2,1-2H3,(H,22,25);1H. The second kappa shape index (κ2) is 10.8. The van der Waals surface area contributed by atoms with Crippen molar-refractivity contribution in [3.05, 3.63) is 40.7 Å². The molecule has 1 saturated heterocycles. The number of carbonyl (C=O) groups is 1. The number of carbonyl (C=O) groups excluding carboxylic acids is 1. The van der Waals surface area contributed by atoms with E-state index in [0.29, 0.717) is 25.9 Å². The molecule has 0 saturated carbocycles. The predicted octanol–water partition coefficient (Wildman–Crippen LogP) is 4.00. The van der Waals surface area contributed by atoms with Crippen LogP contribution in [0.3, 0.4) is 0 Å². The van der Waals surface area contributed by atoms with Gasteiger partial charge in [-0.3, -0.25) is 0 Å². The Morgan fingerprint density at radius 2 is 2.00 bits per heavy atom. The molecule has 1 aliphatic heterocycles. The summed E-state index contributed by atoms with van der Waals surface area (Å²) in [5.74, 6) is 0. The number of halogens is 2. The molecule has 2 heterocycles. The average molecular weight is 492 g/mol. The van der Waals surface area contributed by atoms with E-state index in [-0.39, 0.29) is 34.2 Å². The van der Waals surface area contributed by atoms with Crippen molar-refractivity contribution in [2.24, 2.45) is 0 Å². The first kappa shape index (κ1) is 24.9. The average Bonchev–Trinajstić information content (AvgIpc) is 3.10. The van der Waals surface area contributed by atoms with Gasteiger partial charge in [0.05, 0.1) is 10.3 Å². The summed E-state index contributed by atoms with van der Waals surface area (Å²) in [4.78, 5) is 16.0. The van der Waals surface area contributed by atoms with Crippen molar-refractivity contribution in [1.29, 1.82) is 0 Å². The number of thiophene rings is 1. The molecular formula is C20H27Cl2N3O3S2. The Labute approximate surface area is 193 Å². The van der Waals surface area contributed by atoms with Gasteiger partial charge in [-0.1, -0.05) is 41.9 Å². The molecule has 1 aromatic carbocycles. The summed E-state index contributed by atoms with van der Waals surface area (Å²) in [7, 11) is 0.246. The van der Waals surface area contributed by atoms with E-state index in [1.807, 2.05) is 49.3 Å². The van der Waals surface area contributed by atoms with E-state index in [0.717, 1.165) is 29.0 Å². The summed E-state index contributed by atoms with van der Waals surface area (Å²) >= 11 is 7.65. The third kappa shape index (κ3) is 5.68. The van der Waals surface area contributed by atoms with Crippen molar-refractivity contribution in [2.75, 3.05) is 40.3 Å². The number of urea groups is 1. The monoisotopic (exact) mass is 491 g/mol. The van der Waals surface area contributed by atoms with Crippen LogP contribution in [0, 0.1) is 0 Å². The van der Waals surface area contributed by atoms with E-state index in [1.165, 1.54) is 0 Å². The number of piperidine rings is 1. The van der Waals surface area contributed by atoms with Gasteiger partial charge in [-0.15, -0.1) is 23.7 Å². The largest absolute Gasteiger partial charge is 0.337 e. The lowest BCUT2D eigenvalue weighted by Gasteiger charge is -2.32. The Hall–Kier alpha value is -1.32. The zero-order valence-electron chi connectivity index (χ0n) is 17.0. The van der Waals surface area contributed by atoms with Gasteiger partial charge in [-0.2, -0.15) is 0 Å². The number of hydrogen-bond acceptors (Lipinski definition) is 5. The van der Waals surface area contributed by atoms with E-state index < -0.39 is 15.1 Å². The van der Waals surface area contributed by atoms with Crippen LogP contribution in [0.15, 0.2) is 39.9 Å². The fourth-order valence-corrected chi connectivity index (χ4v) is 7.34. The Kier molecular flexibility index (Phi) is 8.99. The molecule has 30 heavy (non-hydrogen) atoms. The van der Waals surface area contributed by atoms with Crippen LogP contribution >= 0.6 is 35.3 Å². The summed E-state index contributed by atoms with van der Waals surface area (Å²) in [5, 5.41) is 4.28. The molecule has 2 aromatic rings. The van der Waals surface area contributed by atoms with Crippen LogP contribution in [-0.4, -0.2) is 69.8 Å². The van der Waals surface area contributed by atoms with Gasteiger partial charge >= 0.3 is 6.03 Å². The van der Waals surface area contributed by atoms with Crippen LogP contribution in [0.5, 0.6) is 0 Å². The number of likely N-dealkylation sites (N-methyl/N-ethyl adjacent to an activating group) is 1. The highest BCUT2D eigenvalue weighted by Crippen LogP contribution is 2.40. The molecular weight excluding hydrogens is 465 g/mol. The minimum Gasteiger partial charge on any atom is -0.337 e. The Bertz CT molecular complexity index is 949. The number of rotatable bonds is 6. The quantitative estimate of drug-likeness (QED) is 0.662. The van der Waals surface area contributed by atoms with E-state index >= 15 is 0 Å². The molecule has 1 aromatic heterocycles. The maximum atomic E-state index is 13.3. The molecule has 0 spiro atoms. The van der Waals surface area contributed by atoms with Gasteiger partial charge in [-0.25, -0.2) is 13.2 Å². The Morgan fingerprint density at radius 1 is 1.30 bits per heavy atom. The predicted molar refractivity (Wildman–Crippen MR) is 126 cm³/mol. The molecule has 1 atom stereocenters. The van der Waals surface area contributed by atoms with Gasteiger partial charge in [-0.05, 0) is 32.5 Å². The minimum atomic E-state index is -3.62. The molecule has 0 bridgehead atoms. The van der Waals surface area contributed by atoms with E-state index in [9.17, 15) is 13.2 Å². The molecule has 1 aliphatic rings. The molecule has 2 amide bonds. The molecule has 3 rings (SSSR count). The van der Waals surface area contributed by atoms with Crippen LogP contribution in [0.2, 0.25) is 5.02 Å². The zero-order valence-corrected chi connectivity index (χ0v) is 20.2. The minimum absolute atomic E-state index is 0. The second-order valence-corrected chi connectivity index (χ2v) is 11.1. The highest BCUT2D eigenvalue weighted by molar-refractivity contribution is 7.94. The Balaban J connectivity index is 0.00000320. The number of sulfone groups is 1. The molecule has 10 heteroatoms. The molecule has 1 fully saturated rings. The normalized spacial score (nSPS) is 16.9. The van der Waals surface area contributed by atoms with Crippen molar-refractivity contribution in [1.82, 2.24) is 15.1 Å². The smallest absolute Gasteiger partial charge is 0.317 e. The van der Waals surface area contributed by atoms with Gasteiger partial charge in [0.25, 0.3) is 0 Å². The third-order valence-corrected chi connectivity index (χ3v) is 9.34. The lowest BCUT2D eigenvalue weighted by molar-refractivity contribution is 0.186. The number of benzene rings is 1. The molecule has 0 aliphatic carbocycles. The summed E-state index contributed by atoms with van der Waals surface area (Å²) in [6.45, 7) is 2.00. The van der Waals surface area contributed by atoms with Gasteiger partial charge in [0.15, 0.2) is 9.84 Å². The summed E-state index contributed by atoms with van der Waals surface area (Å²) in [6.07, 6.45) is 1.18. The first-order valence-electron chi connectivity index (χ1n) is 9.54. The topological polar surface area (TPSA) is 69.7 Å². The fraction of sp³-hybridized carbons (Fsp3) is 0.450. The van der Waals surface area contributed by atoms with Crippen molar-refractivity contribution in [2.45, 2.75) is 22.3 Å². The number of hydrogen-bond donors (Lipinski definition) is 1.